The number of aryl methyl sites for hydroxylation is 1. The minimum Gasteiger partial charge on any atom is -0.383 e. The van der Waals surface area contributed by atoms with E-state index in [4.69, 9.17) is 5.73 Å². The van der Waals surface area contributed by atoms with Gasteiger partial charge in [-0.15, -0.1) is 0 Å². The molecule has 0 spiro atoms. The van der Waals surface area contributed by atoms with Crippen LogP contribution in [0.15, 0.2) is 77.3 Å². The van der Waals surface area contributed by atoms with E-state index in [0.717, 1.165) is 11.1 Å². The van der Waals surface area contributed by atoms with E-state index in [2.05, 4.69) is 11.5 Å². The summed E-state index contributed by atoms with van der Waals surface area (Å²) in [6.45, 7) is 6.01. The lowest BCUT2D eigenvalue weighted by Gasteiger charge is -2.43. The summed E-state index contributed by atoms with van der Waals surface area (Å²) in [5.41, 5.74) is 12.8. The largest absolute Gasteiger partial charge is 0.383 e. The van der Waals surface area contributed by atoms with Gasteiger partial charge in [0.05, 0.1) is 23.3 Å². The molecule has 6 nitrogen and oxygen atoms in total. The molecule has 0 fully saturated rings. The van der Waals surface area contributed by atoms with E-state index in [1.807, 2.05) is 51.1 Å². The summed E-state index contributed by atoms with van der Waals surface area (Å²) < 4.78 is 0. The number of hydrazine groups is 1. The average molecular weight is 427 g/mol. The number of carbonyl (C=O) groups excluding carboxylic acids is 2. The lowest BCUT2D eigenvalue weighted by atomic mass is 9.69. The Hall–Kier alpha value is -3.85. The second-order valence-electron chi connectivity index (χ2n) is 9.20. The van der Waals surface area contributed by atoms with Crippen molar-refractivity contribution in [3.05, 3.63) is 94.0 Å². The smallest absolute Gasteiger partial charge is 0.270 e. The molecule has 4 rings (SSSR count). The van der Waals surface area contributed by atoms with Crippen LogP contribution in [0.25, 0.3) is 0 Å². The second-order valence-corrected chi connectivity index (χ2v) is 9.20. The fraction of sp³-hybridized carbons (Fsp3) is 0.269. The summed E-state index contributed by atoms with van der Waals surface area (Å²) in [5.74, 6) is -0.791. The Kier molecular flexibility index (Phi) is 5.35. The van der Waals surface area contributed by atoms with Gasteiger partial charge in [-0.2, -0.15) is 5.26 Å². The summed E-state index contributed by atoms with van der Waals surface area (Å²) >= 11 is 0. The zero-order valence-electron chi connectivity index (χ0n) is 18.5. The van der Waals surface area contributed by atoms with Crippen LogP contribution in [-0.2, 0) is 4.79 Å². The van der Waals surface area contributed by atoms with Crippen LogP contribution < -0.4 is 11.2 Å². The maximum atomic E-state index is 13.4. The average Bonchev–Trinajstić information content (AvgIpc) is 2.75. The fourth-order valence-corrected chi connectivity index (χ4v) is 4.58. The third-order valence-corrected chi connectivity index (χ3v) is 6.01. The van der Waals surface area contributed by atoms with E-state index in [0.29, 0.717) is 29.7 Å². The van der Waals surface area contributed by atoms with Gasteiger partial charge in [0, 0.05) is 17.6 Å². The number of benzene rings is 2. The van der Waals surface area contributed by atoms with E-state index >= 15 is 0 Å². The molecule has 1 aliphatic heterocycles. The van der Waals surface area contributed by atoms with Gasteiger partial charge in [0.15, 0.2) is 5.78 Å². The van der Waals surface area contributed by atoms with Gasteiger partial charge in [0.25, 0.3) is 5.91 Å². The SMILES string of the molecule is Cc1cccc(C2C(C#N)=C(N)N(NC(=O)c3ccccc3)C3=C2C(=O)CC(C)(C)C3)c1. The Morgan fingerprint density at radius 1 is 1.16 bits per heavy atom. The number of nitriles is 1. The second kappa shape index (κ2) is 8.01. The standard InChI is InChI=1S/C26H26N4O2/c1-16-8-7-11-18(12-16)22-19(15-27)24(28)30(29-25(32)17-9-5-4-6-10-17)20-13-26(2,3)14-21(31)23(20)22/h4-12,22H,13-14,28H2,1-3H3,(H,29,32). The maximum Gasteiger partial charge on any atom is 0.270 e. The topological polar surface area (TPSA) is 99.2 Å². The lowest BCUT2D eigenvalue weighted by Crippen LogP contribution is -2.49. The van der Waals surface area contributed by atoms with Crippen LogP contribution in [0.2, 0.25) is 0 Å². The van der Waals surface area contributed by atoms with Gasteiger partial charge in [-0.1, -0.05) is 61.9 Å². The van der Waals surface area contributed by atoms with Crippen LogP contribution in [0.3, 0.4) is 0 Å². The van der Waals surface area contributed by atoms with Crippen LogP contribution in [-0.4, -0.2) is 16.7 Å². The molecular weight excluding hydrogens is 400 g/mol. The van der Waals surface area contributed by atoms with Crippen molar-refractivity contribution < 1.29 is 9.59 Å². The van der Waals surface area contributed by atoms with Crippen molar-refractivity contribution in [2.24, 2.45) is 11.1 Å². The van der Waals surface area contributed by atoms with Crippen LogP contribution >= 0.6 is 0 Å². The summed E-state index contributed by atoms with van der Waals surface area (Å²) in [7, 11) is 0. The summed E-state index contributed by atoms with van der Waals surface area (Å²) in [6.07, 6.45) is 0.915. The van der Waals surface area contributed by atoms with E-state index in [1.165, 1.54) is 5.01 Å². The molecule has 0 bridgehead atoms. The Bertz CT molecular complexity index is 1200. The van der Waals surface area contributed by atoms with Crippen LogP contribution in [0, 0.1) is 23.7 Å². The number of nitrogens with two attached hydrogens (primary N) is 1. The summed E-state index contributed by atoms with van der Waals surface area (Å²) in [5, 5.41) is 11.5. The lowest BCUT2D eigenvalue weighted by molar-refractivity contribution is -0.118. The van der Waals surface area contributed by atoms with E-state index in [9.17, 15) is 14.9 Å². The highest BCUT2D eigenvalue weighted by atomic mass is 16.2. The number of nitrogens with one attached hydrogen (secondary N) is 1. The predicted octanol–water partition coefficient (Wildman–Crippen LogP) is 4.08. The van der Waals surface area contributed by atoms with Crippen molar-refractivity contribution in [1.29, 1.82) is 5.26 Å². The monoisotopic (exact) mass is 426 g/mol. The maximum absolute atomic E-state index is 13.4. The molecule has 2 aliphatic rings. The molecule has 0 radical (unpaired) electrons. The molecule has 1 heterocycles. The third kappa shape index (κ3) is 3.78. The molecule has 6 heteroatoms. The molecule has 32 heavy (non-hydrogen) atoms. The van der Waals surface area contributed by atoms with Crippen molar-refractivity contribution in [2.75, 3.05) is 0 Å². The van der Waals surface area contributed by atoms with Crippen molar-refractivity contribution in [3.63, 3.8) is 0 Å². The molecule has 162 valence electrons. The van der Waals surface area contributed by atoms with E-state index in [-0.39, 0.29) is 28.5 Å². The number of rotatable bonds is 3. The molecule has 1 unspecified atom stereocenters. The molecule has 1 atom stereocenters. The Labute approximate surface area is 188 Å². The number of hydrogen-bond acceptors (Lipinski definition) is 5. The van der Waals surface area contributed by atoms with Crippen LogP contribution in [0.1, 0.15) is 54.1 Å². The van der Waals surface area contributed by atoms with E-state index in [1.54, 1.807) is 24.3 Å². The highest BCUT2D eigenvalue weighted by molar-refractivity contribution is 6.01. The van der Waals surface area contributed by atoms with Gasteiger partial charge in [0.2, 0.25) is 0 Å². The Morgan fingerprint density at radius 2 is 1.88 bits per heavy atom. The number of carbonyl (C=O) groups is 2. The zero-order chi connectivity index (χ0) is 23.0. The van der Waals surface area contributed by atoms with Crippen molar-refractivity contribution in [3.8, 4) is 6.07 Å². The van der Waals surface area contributed by atoms with Gasteiger partial charge >= 0.3 is 0 Å². The predicted molar refractivity (Wildman–Crippen MR) is 122 cm³/mol. The normalized spacial score (nSPS) is 20.0. The summed E-state index contributed by atoms with van der Waals surface area (Å²) in [6, 6.07) is 18.8. The highest BCUT2D eigenvalue weighted by Gasteiger charge is 2.44. The minimum absolute atomic E-state index is 0.0260. The van der Waals surface area contributed by atoms with Gasteiger partial charge in [0.1, 0.15) is 5.82 Å². The molecule has 0 saturated carbocycles. The highest BCUT2D eigenvalue weighted by Crippen LogP contribution is 2.48. The number of ketones is 1. The van der Waals surface area contributed by atoms with Gasteiger partial charge in [-0.05, 0) is 36.5 Å². The Morgan fingerprint density at radius 3 is 2.53 bits per heavy atom. The third-order valence-electron chi connectivity index (χ3n) is 6.01. The van der Waals surface area contributed by atoms with Crippen LogP contribution in [0.4, 0.5) is 0 Å². The Balaban J connectivity index is 1.87. The van der Waals surface area contributed by atoms with Gasteiger partial charge in [-0.25, -0.2) is 5.01 Å². The first-order chi connectivity index (χ1) is 15.2. The van der Waals surface area contributed by atoms with Gasteiger partial charge in [-0.3, -0.25) is 15.0 Å². The molecule has 1 aliphatic carbocycles. The number of hydrogen-bond donors (Lipinski definition) is 2. The molecule has 0 aromatic heterocycles. The van der Waals surface area contributed by atoms with Crippen LogP contribution in [0.5, 0.6) is 0 Å². The molecule has 2 aromatic rings. The minimum atomic E-state index is -0.552. The molecule has 3 N–H and O–H groups in total. The molecule has 2 aromatic carbocycles. The number of amides is 1. The first-order valence-corrected chi connectivity index (χ1v) is 10.6. The summed E-state index contributed by atoms with van der Waals surface area (Å²) in [4.78, 5) is 26.4. The van der Waals surface area contributed by atoms with Crippen molar-refractivity contribution >= 4 is 11.7 Å². The molecule has 1 amide bonds. The zero-order valence-corrected chi connectivity index (χ0v) is 18.5. The first kappa shape index (κ1) is 21.4. The molecule has 0 saturated heterocycles. The number of Topliss-reactive ketones (excluding diaryl/α,β-unsaturated/α-hetero) is 1. The quantitative estimate of drug-likeness (QED) is 0.771. The number of nitrogens with zero attached hydrogens (tertiary/aromatic N) is 2. The first-order valence-electron chi connectivity index (χ1n) is 10.6. The number of allylic oxidation sites excluding steroid dienone is 3. The fourth-order valence-electron chi connectivity index (χ4n) is 4.58. The van der Waals surface area contributed by atoms with E-state index < -0.39 is 5.92 Å². The van der Waals surface area contributed by atoms with Crippen molar-refractivity contribution in [1.82, 2.24) is 10.4 Å². The van der Waals surface area contributed by atoms with Crippen molar-refractivity contribution in [2.45, 2.75) is 39.5 Å². The molecular formula is C26H26N4O2. The van der Waals surface area contributed by atoms with Gasteiger partial charge < -0.3 is 5.73 Å².